The highest BCUT2D eigenvalue weighted by Gasteiger charge is 2.21. The van der Waals surface area contributed by atoms with Crippen molar-refractivity contribution in [2.45, 2.75) is 25.9 Å². The number of aromatic nitrogens is 1. The monoisotopic (exact) mass is 425 g/mol. The van der Waals surface area contributed by atoms with Gasteiger partial charge < -0.3 is 15.0 Å². The van der Waals surface area contributed by atoms with Gasteiger partial charge in [-0.2, -0.15) is 0 Å². The van der Waals surface area contributed by atoms with E-state index in [1.165, 1.54) is 23.5 Å². The summed E-state index contributed by atoms with van der Waals surface area (Å²) in [6.07, 6.45) is 1.62. The molecule has 0 atom stereocenters. The maximum atomic E-state index is 12.9. The smallest absolute Gasteiger partial charge is 0.230 e. The SMILES string of the molecule is O=C(Cc1csc(COc2ccc(F)cc2)n1)Nc1ccc(N2CCCC2=O)cc1. The van der Waals surface area contributed by atoms with Gasteiger partial charge in [-0.1, -0.05) is 0 Å². The fourth-order valence-electron chi connectivity index (χ4n) is 3.19. The molecule has 1 aliphatic heterocycles. The Morgan fingerprint density at radius 3 is 2.63 bits per heavy atom. The van der Waals surface area contributed by atoms with E-state index in [0.717, 1.165) is 23.7 Å². The molecule has 1 aliphatic rings. The predicted octanol–water partition coefficient (Wildman–Crippen LogP) is 4.17. The summed E-state index contributed by atoms with van der Waals surface area (Å²) in [4.78, 5) is 30.3. The lowest BCUT2D eigenvalue weighted by Crippen LogP contribution is -2.23. The fraction of sp³-hybridized carbons (Fsp3) is 0.227. The molecule has 8 heteroatoms. The van der Waals surface area contributed by atoms with Crippen LogP contribution < -0.4 is 15.0 Å². The van der Waals surface area contributed by atoms with Crippen molar-refractivity contribution in [1.29, 1.82) is 0 Å². The standard InChI is InChI=1S/C22H20FN3O3S/c23-15-3-9-19(10-4-15)29-13-21-25-17(14-30-21)12-20(27)24-16-5-7-18(8-6-16)26-11-1-2-22(26)28/h3-10,14H,1-2,11-13H2,(H,24,27). The minimum absolute atomic E-state index is 0.134. The van der Waals surface area contributed by atoms with Gasteiger partial charge in [0.2, 0.25) is 11.8 Å². The van der Waals surface area contributed by atoms with E-state index in [1.807, 2.05) is 17.5 Å². The number of hydrogen-bond acceptors (Lipinski definition) is 5. The number of benzene rings is 2. The summed E-state index contributed by atoms with van der Waals surface area (Å²) in [6.45, 7) is 0.996. The first-order valence-corrected chi connectivity index (χ1v) is 10.5. The highest BCUT2D eigenvalue weighted by atomic mass is 32.1. The molecule has 0 radical (unpaired) electrons. The van der Waals surface area contributed by atoms with Crippen molar-refractivity contribution in [2.75, 3.05) is 16.8 Å². The molecule has 1 fully saturated rings. The normalized spacial score (nSPS) is 13.5. The molecule has 6 nitrogen and oxygen atoms in total. The van der Waals surface area contributed by atoms with Crippen molar-refractivity contribution in [3.05, 3.63) is 70.4 Å². The molecule has 154 valence electrons. The van der Waals surface area contributed by atoms with Crippen LogP contribution in [0, 0.1) is 5.82 Å². The van der Waals surface area contributed by atoms with Crippen molar-refractivity contribution >= 4 is 34.5 Å². The number of ether oxygens (including phenoxy) is 1. The van der Waals surface area contributed by atoms with Gasteiger partial charge in [-0.25, -0.2) is 9.37 Å². The van der Waals surface area contributed by atoms with E-state index in [2.05, 4.69) is 10.3 Å². The van der Waals surface area contributed by atoms with E-state index in [9.17, 15) is 14.0 Å². The Morgan fingerprint density at radius 2 is 1.93 bits per heavy atom. The van der Waals surface area contributed by atoms with Crippen molar-refractivity contribution in [3.63, 3.8) is 0 Å². The van der Waals surface area contributed by atoms with Crippen LogP contribution in [-0.4, -0.2) is 23.3 Å². The number of thiazole rings is 1. The van der Waals surface area contributed by atoms with Crippen molar-refractivity contribution in [1.82, 2.24) is 4.98 Å². The summed E-state index contributed by atoms with van der Waals surface area (Å²) in [7, 11) is 0. The molecule has 1 N–H and O–H groups in total. The Kier molecular flexibility index (Phi) is 6.04. The third-order valence-electron chi connectivity index (χ3n) is 4.65. The van der Waals surface area contributed by atoms with E-state index in [0.29, 0.717) is 23.6 Å². The number of carbonyl (C=O) groups excluding carboxylic acids is 2. The van der Waals surface area contributed by atoms with Crippen LogP contribution in [0.25, 0.3) is 0 Å². The van der Waals surface area contributed by atoms with E-state index < -0.39 is 0 Å². The summed E-state index contributed by atoms with van der Waals surface area (Å²) in [6, 6.07) is 13.1. The lowest BCUT2D eigenvalue weighted by Gasteiger charge is -2.16. The van der Waals surface area contributed by atoms with Crippen LogP contribution >= 0.6 is 11.3 Å². The minimum atomic E-state index is -0.316. The predicted molar refractivity (Wildman–Crippen MR) is 113 cm³/mol. The number of nitrogens with zero attached hydrogens (tertiary/aromatic N) is 2. The fourth-order valence-corrected chi connectivity index (χ4v) is 3.89. The molecule has 0 spiro atoms. The molecular weight excluding hydrogens is 405 g/mol. The second-order valence-electron chi connectivity index (χ2n) is 6.90. The highest BCUT2D eigenvalue weighted by molar-refractivity contribution is 7.09. The van der Waals surface area contributed by atoms with Crippen LogP contribution in [0.4, 0.5) is 15.8 Å². The largest absolute Gasteiger partial charge is 0.486 e. The number of halogens is 1. The van der Waals surface area contributed by atoms with Crippen LogP contribution in [0.3, 0.4) is 0 Å². The van der Waals surface area contributed by atoms with Gasteiger partial charge in [0.05, 0.1) is 12.1 Å². The molecule has 2 aromatic carbocycles. The zero-order valence-corrected chi connectivity index (χ0v) is 17.0. The summed E-state index contributed by atoms with van der Waals surface area (Å²) in [5.41, 5.74) is 2.18. The van der Waals surface area contributed by atoms with E-state index in [1.54, 1.807) is 29.2 Å². The third kappa shape index (κ3) is 5.01. The van der Waals surface area contributed by atoms with Crippen molar-refractivity contribution in [2.24, 2.45) is 0 Å². The van der Waals surface area contributed by atoms with Gasteiger partial charge in [0.1, 0.15) is 23.2 Å². The first kappa shape index (κ1) is 20.0. The number of amides is 2. The Balaban J connectivity index is 1.28. The first-order chi connectivity index (χ1) is 14.6. The molecule has 2 amide bonds. The Bertz CT molecular complexity index is 1030. The quantitative estimate of drug-likeness (QED) is 0.617. The van der Waals surface area contributed by atoms with Crippen LogP contribution in [0.5, 0.6) is 5.75 Å². The summed E-state index contributed by atoms with van der Waals surface area (Å²) >= 11 is 1.41. The lowest BCUT2D eigenvalue weighted by atomic mass is 10.2. The average molecular weight is 425 g/mol. The second kappa shape index (κ2) is 9.04. The summed E-state index contributed by atoms with van der Waals surface area (Å²) in [5.74, 6) is 0.208. The summed E-state index contributed by atoms with van der Waals surface area (Å²) < 4.78 is 18.5. The van der Waals surface area contributed by atoms with E-state index in [4.69, 9.17) is 4.74 Å². The molecule has 3 aromatic rings. The Morgan fingerprint density at radius 1 is 1.17 bits per heavy atom. The molecule has 0 unspecified atom stereocenters. The minimum Gasteiger partial charge on any atom is -0.486 e. The molecule has 1 aromatic heterocycles. The number of nitrogens with one attached hydrogen (secondary N) is 1. The molecule has 0 saturated carbocycles. The number of anilines is 2. The van der Waals surface area contributed by atoms with Crippen molar-refractivity contribution in [3.8, 4) is 5.75 Å². The molecule has 0 bridgehead atoms. The van der Waals surface area contributed by atoms with Gasteiger partial charge in [0.25, 0.3) is 0 Å². The third-order valence-corrected chi connectivity index (χ3v) is 5.52. The molecule has 4 rings (SSSR count). The van der Waals surface area contributed by atoms with Gasteiger partial charge in [0, 0.05) is 29.7 Å². The van der Waals surface area contributed by atoms with Gasteiger partial charge in [-0.05, 0) is 55.0 Å². The van der Waals surface area contributed by atoms with Crippen LogP contribution in [0.15, 0.2) is 53.9 Å². The van der Waals surface area contributed by atoms with Gasteiger partial charge in [-0.15, -0.1) is 11.3 Å². The number of rotatable bonds is 7. The molecule has 30 heavy (non-hydrogen) atoms. The van der Waals surface area contributed by atoms with Crippen molar-refractivity contribution < 1.29 is 18.7 Å². The average Bonchev–Trinajstić information content (AvgIpc) is 3.37. The molecule has 2 heterocycles. The topological polar surface area (TPSA) is 71.5 Å². The zero-order chi connectivity index (χ0) is 20.9. The number of hydrogen-bond donors (Lipinski definition) is 1. The van der Waals surface area contributed by atoms with Gasteiger partial charge in [0.15, 0.2) is 0 Å². The number of carbonyl (C=O) groups is 2. The van der Waals surface area contributed by atoms with Crippen LogP contribution in [0.2, 0.25) is 0 Å². The van der Waals surface area contributed by atoms with Gasteiger partial charge in [-0.3, -0.25) is 9.59 Å². The van der Waals surface area contributed by atoms with E-state index >= 15 is 0 Å². The maximum Gasteiger partial charge on any atom is 0.230 e. The zero-order valence-electron chi connectivity index (χ0n) is 16.1. The molecule has 1 saturated heterocycles. The van der Waals surface area contributed by atoms with Crippen LogP contribution in [-0.2, 0) is 22.6 Å². The Labute approximate surface area is 177 Å². The maximum absolute atomic E-state index is 12.9. The Hall–Kier alpha value is -3.26. The first-order valence-electron chi connectivity index (χ1n) is 9.59. The van der Waals surface area contributed by atoms with Crippen LogP contribution in [0.1, 0.15) is 23.5 Å². The van der Waals surface area contributed by atoms with E-state index in [-0.39, 0.29) is 30.7 Å². The highest BCUT2D eigenvalue weighted by Crippen LogP contribution is 2.23. The summed E-state index contributed by atoms with van der Waals surface area (Å²) in [5, 5.41) is 5.41. The molecule has 0 aliphatic carbocycles. The molecular formula is C22H20FN3O3S. The lowest BCUT2D eigenvalue weighted by molar-refractivity contribution is -0.117. The second-order valence-corrected chi connectivity index (χ2v) is 7.84. The van der Waals surface area contributed by atoms with Gasteiger partial charge >= 0.3 is 0 Å².